The SMILES string of the molecule is CCn1c(=O)c(-c2ccc(S(C)(=O)=O)cc2)cc2cnc(NC3[C@H]4CNC[C@@H]34)nc21. The lowest BCUT2D eigenvalue weighted by Crippen LogP contribution is -2.24. The number of hydrogen-bond donors (Lipinski definition) is 2. The van der Waals surface area contributed by atoms with Crippen molar-refractivity contribution in [2.45, 2.75) is 24.4 Å². The van der Waals surface area contributed by atoms with E-state index in [-0.39, 0.29) is 10.5 Å². The summed E-state index contributed by atoms with van der Waals surface area (Å²) in [5.74, 6) is 1.82. The van der Waals surface area contributed by atoms with Gasteiger partial charge in [-0.2, -0.15) is 4.98 Å². The summed E-state index contributed by atoms with van der Waals surface area (Å²) >= 11 is 0. The number of piperidine rings is 1. The van der Waals surface area contributed by atoms with E-state index in [9.17, 15) is 13.2 Å². The molecule has 0 amide bonds. The molecule has 30 heavy (non-hydrogen) atoms. The Morgan fingerprint density at radius 2 is 1.90 bits per heavy atom. The van der Waals surface area contributed by atoms with Crippen LogP contribution in [0.4, 0.5) is 5.95 Å². The van der Waals surface area contributed by atoms with E-state index in [2.05, 4.69) is 20.6 Å². The van der Waals surface area contributed by atoms with Gasteiger partial charge in [-0.3, -0.25) is 9.36 Å². The molecule has 0 radical (unpaired) electrons. The molecule has 2 aromatic heterocycles. The molecule has 1 unspecified atom stereocenters. The number of aromatic nitrogens is 3. The van der Waals surface area contributed by atoms with Gasteiger partial charge in [-0.1, -0.05) is 12.1 Å². The maximum atomic E-state index is 13.2. The highest BCUT2D eigenvalue weighted by atomic mass is 32.2. The Bertz CT molecular complexity index is 1290. The summed E-state index contributed by atoms with van der Waals surface area (Å²) in [5, 5.41) is 7.55. The summed E-state index contributed by atoms with van der Waals surface area (Å²) in [6.45, 7) is 4.43. The quantitative estimate of drug-likeness (QED) is 0.638. The van der Waals surface area contributed by atoms with Crippen LogP contribution in [0.5, 0.6) is 0 Å². The molecule has 2 fully saturated rings. The minimum absolute atomic E-state index is 0.158. The van der Waals surface area contributed by atoms with Crippen molar-refractivity contribution < 1.29 is 8.42 Å². The van der Waals surface area contributed by atoms with Gasteiger partial charge < -0.3 is 10.6 Å². The van der Waals surface area contributed by atoms with Crippen molar-refractivity contribution in [3.8, 4) is 11.1 Å². The van der Waals surface area contributed by atoms with Gasteiger partial charge in [0.1, 0.15) is 5.65 Å². The first kappa shape index (κ1) is 19.2. The summed E-state index contributed by atoms with van der Waals surface area (Å²) in [6.07, 6.45) is 2.90. The highest BCUT2D eigenvalue weighted by Gasteiger charge is 2.53. The first-order chi connectivity index (χ1) is 14.4. The Hall–Kier alpha value is -2.78. The molecule has 156 valence electrons. The average molecular weight is 426 g/mol. The van der Waals surface area contributed by atoms with Gasteiger partial charge in [0.2, 0.25) is 5.95 Å². The van der Waals surface area contributed by atoms with E-state index in [0.29, 0.717) is 47.1 Å². The van der Waals surface area contributed by atoms with Crippen molar-refractivity contribution in [1.29, 1.82) is 0 Å². The van der Waals surface area contributed by atoms with Gasteiger partial charge in [-0.25, -0.2) is 13.4 Å². The number of benzene rings is 1. The minimum atomic E-state index is -3.29. The number of rotatable bonds is 5. The van der Waals surface area contributed by atoms with Crippen LogP contribution in [0.15, 0.2) is 46.2 Å². The van der Waals surface area contributed by atoms with Crippen LogP contribution < -0.4 is 16.2 Å². The zero-order valence-corrected chi connectivity index (χ0v) is 17.6. The molecule has 3 aromatic rings. The molecule has 5 rings (SSSR count). The molecule has 3 heterocycles. The van der Waals surface area contributed by atoms with E-state index in [0.717, 1.165) is 24.7 Å². The normalized spacial score (nSPS) is 22.8. The van der Waals surface area contributed by atoms with Gasteiger partial charge in [-0.05, 0) is 42.5 Å². The number of pyridine rings is 1. The monoisotopic (exact) mass is 425 g/mol. The number of anilines is 1. The summed E-state index contributed by atoms with van der Waals surface area (Å²) in [7, 11) is -3.29. The predicted octanol–water partition coefficient (Wildman–Crippen LogP) is 1.51. The molecule has 8 nitrogen and oxygen atoms in total. The third kappa shape index (κ3) is 3.18. The van der Waals surface area contributed by atoms with E-state index in [1.165, 1.54) is 12.1 Å². The van der Waals surface area contributed by atoms with Crippen molar-refractivity contribution >= 4 is 26.8 Å². The Morgan fingerprint density at radius 1 is 1.20 bits per heavy atom. The molecule has 1 aliphatic carbocycles. The third-order valence-corrected chi connectivity index (χ3v) is 7.25. The molecule has 0 bridgehead atoms. The van der Waals surface area contributed by atoms with Crippen LogP contribution in [0, 0.1) is 11.8 Å². The van der Waals surface area contributed by atoms with Gasteiger partial charge in [0.15, 0.2) is 9.84 Å². The van der Waals surface area contributed by atoms with E-state index in [1.54, 1.807) is 29.0 Å². The number of fused-ring (bicyclic) bond motifs is 2. The standard InChI is InChI=1S/C21H23N5O3S/c1-3-26-19-13(9-23-21(25-19)24-18-16-10-22-11-17(16)18)8-15(20(26)27)12-4-6-14(7-5-12)30(2,28)29/h4-9,16-18,22H,3,10-11H2,1-2H3,(H,23,24,25)/t16-,17+,18?. The van der Waals surface area contributed by atoms with E-state index in [4.69, 9.17) is 0 Å². The molecule has 2 N–H and O–H groups in total. The number of nitrogens with zero attached hydrogens (tertiary/aromatic N) is 3. The van der Waals surface area contributed by atoms with E-state index >= 15 is 0 Å². The van der Waals surface area contributed by atoms with Crippen LogP contribution in [0.3, 0.4) is 0 Å². The maximum absolute atomic E-state index is 13.2. The van der Waals surface area contributed by atoms with Crippen molar-refractivity contribution in [3.63, 3.8) is 0 Å². The molecule has 9 heteroatoms. The van der Waals surface area contributed by atoms with Gasteiger partial charge in [0.25, 0.3) is 5.56 Å². The topological polar surface area (TPSA) is 106 Å². The smallest absolute Gasteiger partial charge is 0.260 e. The zero-order valence-electron chi connectivity index (χ0n) is 16.8. The Labute approximate surface area is 174 Å². The number of nitrogens with one attached hydrogen (secondary N) is 2. The second-order valence-electron chi connectivity index (χ2n) is 8.03. The average Bonchev–Trinajstić information content (AvgIpc) is 3.13. The predicted molar refractivity (Wildman–Crippen MR) is 115 cm³/mol. The van der Waals surface area contributed by atoms with Crippen molar-refractivity contribution in [3.05, 3.63) is 46.9 Å². The van der Waals surface area contributed by atoms with Gasteiger partial charge in [0, 0.05) is 49.1 Å². The fourth-order valence-corrected chi connectivity index (χ4v) is 5.02. The Kier molecular flexibility index (Phi) is 4.41. The molecule has 1 saturated heterocycles. The number of sulfone groups is 1. The largest absolute Gasteiger partial charge is 0.351 e. The van der Waals surface area contributed by atoms with E-state index in [1.807, 2.05) is 6.92 Å². The van der Waals surface area contributed by atoms with Crippen molar-refractivity contribution in [2.24, 2.45) is 11.8 Å². The van der Waals surface area contributed by atoms with E-state index < -0.39 is 9.84 Å². The summed E-state index contributed by atoms with van der Waals surface area (Å²) in [5.41, 5.74) is 1.60. The van der Waals surface area contributed by atoms with Crippen LogP contribution in [0.25, 0.3) is 22.2 Å². The van der Waals surface area contributed by atoms with Crippen molar-refractivity contribution in [1.82, 2.24) is 19.9 Å². The fourth-order valence-electron chi connectivity index (χ4n) is 4.39. The molecule has 1 aliphatic heterocycles. The highest BCUT2D eigenvalue weighted by molar-refractivity contribution is 7.90. The Balaban J connectivity index is 1.53. The lowest BCUT2D eigenvalue weighted by molar-refractivity contribution is 0.602. The zero-order chi connectivity index (χ0) is 21.0. The number of hydrogen-bond acceptors (Lipinski definition) is 7. The first-order valence-corrected chi connectivity index (χ1v) is 11.9. The second kappa shape index (κ2) is 6.88. The fraction of sp³-hybridized carbons (Fsp3) is 0.381. The molecular formula is C21H23N5O3S. The Morgan fingerprint density at radius 3 is 2.53 bits per heavy atom. The third-order valence-electron chi connectivity index (χ3n) is 6.12. The molecule has 3 atom stereocenters. The summed E-state index contributed by atoms with van der Waals surface area (Å²) in [4.78, 5) is 22.5. The lowest BCUT2D eigenvalue weighted by atomic mass is 10.1. The lowest BCUT2D eigenvalue weighted by Gasteiger charge is -2.13. The number of aryl methyl sites for hydroxylation is 1. The molecule has 0 spiro atoms. The van der Waals surface area contributed by atoms with Crippen LogP contribution in [0.1, 0.15) is 6.92 Å². The first-order valence-electron chi connectivity index (χ1n) is 10.0. The van der Waals surface area contributed by atoms with Gasteiger partial charge in [0.05, 0.1) is 4.90 Å². The van der Waals surface area contributed by atoms with Gasteiger partial charge >= 0.3 is 0 Å². The van der Waals surface area contributed by atoms with Crippen LogP contribution >= 0.6 is 0 Å². The van der Waals surface area contributed by atoms with Crippen LogP contribution in [-0.4, -0.2) is 48.3 Å². The van der Waals surface area contributed by atoms with Crippen LogP contribution in [-0.2, 0) is 16.4 Å². The summed E-state index contributed by atoms with van der Waals surface area (Å²) < 4.78 is 25.1. The molecule has 2 aliphatic rings. The molecule has 1 aromatic carbocycles. The second-order valence-corrected chi connectivity index (χ2v) is 10.0. The van der Waals surface area contributed by atoms with Crippen molar-refractivity contribution in [2.75, 3.05) is 24.7 Å². The maximum Gasteiger partial charge on any atom is 0.260 e. The van der Waals surface area contributed by atoms with Crippen LogP contribution in [0.2, 0.25) is 0 Å². The minimum Gasteiger partial charge on any atom is -0.351 e. The molecular weight excluding hydrogens is 402 g/mol. The summed E-state index contributed by atoms with van der Waals surface area (Å²) in [6, 6.07) is 8.55. The van der Waals surface area contributed by atoms with Gasteiger partial charge in [-0.15, -0.1) is 0 Å². The highest BCUT2D eigenvalue weighted by Crippen LogP contribution is 2.43. The molecule has 1 saturated carbocycles.